The molecule has 5 nitrogen and oxygen atoms in total. The van der Waals surface area contributed by atoms with Gasteiger partial charge in [0.15, 0.2) is 0 Å². The first-order valence-electron chi connectivity index (χ1n) is 6.97. The van der Waals surface area contributed by atoms with E-state index in [1.54, 1.807) is 37.3 Å². The number of carboxylic acid groups (broad SMARTS) is 1. The fourth-order valence-electron chi connectivity index (χ4n) is 2.39. The van der Waals surface area contributed by atoms with Crippen molar-refractivity contribution in [2.75, 3.05) is 0 Å². The lowest BCUT2D eigenvalue weighted by Gasteiger charge is -2.08. The molecule has 3 aromatic rings. The van der Waals surface area contributed by atoms with Gasteiger partial charge >= 0.3 is 6.16 Å². The van der Waals surface area contributed by atoms with E-state index in [9.17, 15) is 9.18 Å². The summed E-state index contributed by atoms with van der Waals surface area (Å²) in [5, 5.41) is 13.4. The van der Waals surface area contributed by atoms with Crippen molar-refractivity contribution < 1.29 is 19.0 Å². The highest BCUT2D eigenvalue weighted by Crippen LogP contribution is 2.29. The van der Waals surface area contributed by atoms with Gasteiger partial charge in [-0.05, 0) is 48.9 Å². The monoisotopic (exact) mass is 346 g/mol. The van der Waals surface area contributed by atoms with Gasteiger partial charge in [0, 0.05) is 16.7 Å². The predicted molar refractivity (Wildman–Crippen MR) is 87.4 cm³/mol. The number of hydrogen-bond acceptors (Lipinski definition) is 3. The van der Waals surface area contributed by atoms with Gasteiger partial charge in [0.05, 0.1) is 11.4 Å². The number of halogens is 2. The van der Waals surface area contributed by atoms with Crippen LogP contribution in [0.4, 0.5) is 9.18 Å². The molecule has 0 spiro atoms. The van der Waals surface area contributed by atoms with Gasteiger partial charge in [0.1, 0.15) is 5.82 Å². The van der Waals surface area contributed by atoms with Gasteiger partial charge in [-0.25, -0.2) is 13.9 Å². The molecule has 0 saturated carbocycles. The normalized spacial score (nSPS) is 10.6. The Kier molecular flexibility index (Phi) is 4.22. The molecule has 0 unspecified atom stereocenters. The molecular weight excluding hydrogens is 335 g/mol. The Morgan fingerprint density at radius 2 is 2.04 bits per heavy atom. The Hall–Kier alpha value is -2.86. The maximum atomic E-state index is 13.8. The van der Waals surface area contributed by atoms with Crippen LogP contribution in [-0.2, 0) is 0 Å². The second kappa shape index (κ2) is 6.33. The Labute approximate surface area is 141 Å². The molecule has 1 heterocycles. The van der Waals surface area contributed by atoms with E-state index in [1.807, 2.05) is 0 Å². The Balaban J connectivity index is 2.19. The SMILES string of the molecule is Cc1cc(F)cc(-c2cc(OC(=O)O)nn2-c2cccc(Cl)c2)c1. The summed E-state index contributed by atoms with van der Waals surface area (Å²) in [6.45, 7) is 1.77. The molecule has 0 radical (unpaired) electrons. The first kappa shape index (κ1) is 16.0. The summed E-state index contributed by atoms with van der Waals surface area (Å²) < 4.78 is 19.8. The van der Waals surface area contributed by atoms with Gasteiger partial charge < -0.3 is 9.84 Å². The van der Waals surface area contributed by atoms with E-state index in [2.05, 4.69) is 9.84 Å². The van der Waals surface area contributed by atoms with E-state index < -0.39 is 12.0 Å². The Bertz CT molecular complexity index is 904. The minimum atomic E-state index is -1.48. The molecule has 0 aliphatic rings. The van der Waals surface area contributed by atoms with Crippen LogP contribution >= 0.6 is 11.6 Å². The van der Waals surface area contributed by atoms with Gasteiger partial charge in [-0.1, -0.05) is 17.7 Å². The maximum Gasteiger partial charge on any atom is 0.512 e. The number of ether oxygens (including phenoxy) is 1. The number of aromatic nitrogens is 2. The molecule has 7 heteroatoms. The van der Waals surface area contributed by atoms with E-state index >= 15 is 0 Å². The van der Waals surface area contributed by atoms with Crippen molar-refractivity contribution in [3.05, 3.63) is 64.9 Å². The minimum Gasteiger partial charge on any atom is -0.449 e. The number of carbonyl (C=O) groups is 1. The minimum absolute atomic E-state index is 0.112. The van der Waals surface area contributed by atoms with Crippen molar-refractivity contribution in [1.82, 2.24) is 9.78 Å². The van der Waals surface area contributed by atoms with Crippen LogP contribution in [0.3, 0.4) is 0 Å². The first-order valence-corrected chi connectivity index (χ1v) is 7.34. The molecule has 0 aliphatic carbocycles. The van der Waals surface area contributed by atoms with Gasteiger partial charge in [-0.2, -0.15) is 0 Å². The van der Waals surface area contributed by atoms with Crippen LogP contribution in [0, 0.1) is 12.7 Å². The second-order valence-corrected chi connectivity index (χ2v) is 5.58. The summed E-state index contributed by atoms with van der Waals surface area (Å²) in [5.74, 6) is -0.510. The van der Waals surface area contributed by atoms with Crippen molar-refractivity contribution in [1.29, 1.82) is 0 Å². The average molecular weight is 347 g/mol. The van der Waals surface area contributed by atoms with E-state index in [4.69, 9.17) is 16.7 Å². The maximum absolute atomic E-state index is 13.8. The molecule has 24 heavy (non-hydrogen) atoms. The second-order valence-electron chi connectivity index (χ2n) is 5.14. The van der Waals surface area contributed by atoms with Gasteiger partial charge in [0.25, 0.3) is 0 Å². The molecule has 122 valence electrons. The molecule has 2 aromatic carbocycles. The van der Waals surface area contributed by atoms with E-state index in [0.717, 1.165) is 5.56 Å². The molecule has 0 aliphatic heterocycles. The molecule has 3 rings (SSSR count). The van der Waals surface area contributed by atoms with E-state index in [1.165, 1.54) is 22.9 Å². The van der Waals surface area contributed by atoms with Gasteiger partial charge in [-0.15, -0.1) is 5.10 Å². The lowest BCUT2D eigenvalue weighted by molar-refractivity contribution is 0.142. The highest BCUT2D eigenvalue weighted by molar-refractivity contribution is 6.30. The zero-order chi connectivity index (χ0) is 17.3. The first-order chi connectivity index (χ1) is 11.4. The van der Waals surface area contributed by atoms with Crippen LogP contribution in [0.15, 0.2) is 48.5 Å². The highest BCUT2D eigenvalue weighted by atomic mass is 35.5. The van der Waals surface area contributed by atoms with Crippen molar-refractivity contribution in [2.45, 2.75) is 6.92 Å². The summed E-state index contributed by atoms with van der Waals surface area (Å²) >= 11 is 6.01. The van der Waals surface area contributed by atoms with Crippen LogP contribution in [0.2, 0.25) is 5.02 Å². The van der Waals surface area contributed by atoms with Crippen LogP contribution in [0.25, 0.3) is 16.9 Å². The quantitative estimate of drug-likeness (QED) is 0.698. The summed E-state index contributed by atoms with van der Waals surface area (Å²) in [6, 6.07) is 12.8. The predicted octanol–water partition coefficient (Wildman–Crippen LogP) is 4.70. The smallest absolute Gasteiger partial charge is 0.449 e. The number of nitrogens with zero attached hydrogens (tertiary/aromatic N) is 2. The molecule has 0 atom stereocenters. The third-order valence-corrected chi connectivity index (χ3v) is 3.50. The van der Waals surface area contributed by atoms with E-state index in [-0.39, 0.29) is 5.88 Å². The highest BCUT2D eigenvalue weighted by Gasteiger charge is 2.16. The Morgan fingerprint density at radius 3 is 2.71 bits per heavy atom. The van der Waals surface area contributed by atoms with Crippen molar-refractivity contribution in [3.63, 3.8) is 0 Å². The lowest BCUT2D eigenvalue weighted by Crippen LogP contribution is -2.04. The number of benzene rings is 2. The summed E-state index contributed by atoms with van der Waals surface area (Å²) in [5.41, 5.74) is 2.35. The van der Waals surface area contributed by atoms with Crippen LogP contribution in [-0.4, -0.2) is 21.0 Å². The molecule has 1 aromatic heterocycles. The number of aryl methyl sites for hydroxylation is 1. The molecule has 0 amide bonds. The molecule has 0 bridgehead atoms. The third kappa shape index (κ3) is 3.38. The Morgan fingerprint density at radius 1 is 1.25 bits per heavy atom. The lowest BCUT2D eigenvalue weighted by atomic mass is 10.1. The molecule has 0 fully saturated rings. The van der Waals surface area contributed by atoms with Crippen molar-refractivity contribution >= 4 is 17.8 Å². The van der Waals surface area contributed by atoms with Crippen LogP contribution in [0.1, 0.15) is 5.56 Å². The topological polar surface area (TPSA) is 64.3 Å². The standard InChI is InChI=1S/C17H12ClFN2O3/c1-10-5-11(7-13(19)6-10)15-9-16(24-17(22)23)20-21(15)14-4-2-3-12(18)8-14/h2-9H,1H3,(H,22,23). The third-order valence-electron chi connectivity index (χ3n) is 3.27. The number of hydrogen-bond donors (Lipinski definition) is 1. The fourth-order valence-corrected chi connectivity index (χ4v) is 2.58. The van der Waals surface area contributed by atoms with Crippen molar-refractivity contribution in [2.24, 2.45) is 0 Å². The van der Waals surface area contributed by atoms with E-state index in [0.29, 0.717) is 22.0 Å². The fraction of sp³-hybridized carbons (Fsp3) is 0.0588. The number of rotatable bonds is 3. The summed E-state index contributed by atoms with van der Waals surface area (Å²) in [4.78, 5) is 10.8. The van der Waals surface area contributed by atoms with Gasteiger partial charge in [0.2, 0.25) is 5.88 Å². The van der Waals surface area contributed by atoms with Crippen LogP contribution in [0.5, 0.6) is 5.88 Å². The molecular formula is C17H12ClFN2O3. The van der Waals surface area contributed by atoms with Crippen molar-refractivity contribution in [3.8, 4) is 22.8 Å². The molecule has 1 N–H and O–H groups in total. The average Bonchev–Trinajstić information content (AvgIpc) is 2.89. The largest absolute Gasteiger partial charge is 0.512 e. The van der Waals surface area contributed by atoms with Crippen LogP contribution < -0.4 is 4.74 Å². The summed E-state index contributed by atoms with van der Waals surface area (Å²) in [7, 11) is 0. The zero-order valence-corrected chi connectivity index (χ0v) is 13.3. The van der Waals surface area contributed by atoms with Gasteiger partial charge in [-0.3, -0.25) is 0 Å². The molecule has 0 saturated heterocycles. The summed E-state index contributed by atoms with van der Waals surface area (Å²) in [6.07, 6.45) is -1.48. The zero-order valence-electron chi connectivity index (χ0n) is 12.5.